The summed E-state index contributed by atoms with van der Waals surface area (Å²) in [4.78, 5) is 14.0. The number of para-hydroxylation sites is 2. The predicted molar refractivity (Wildman–Crippen MR) is 80.0 cm³/mol. The van der Waals surface area contributed by atoms with Crippen LogP contribution in [0.15, 0.2) is 24.3 Å². The smallest absolute Gasteiger partial charge is 0.239 e. The van der Waals surface area contributed by atoms with Crippen LogP contribution in [0.2, 0.25) is 0 Å². The lowest BCUT2D eigenvalue weighted by molar-refractivity contribution is -0.119. The van der Waals surface area contributed by atoms with Gasteiger partial charge in [0.25, 0.3) is 0 Å². The van der Waals surface area contributed by atoms with Crippen molar-refractivity contribution in [3.8, 4) is 5.75 Å². The van der Waals surface area contributed by atoms with Crippen LogP contribution in [0.1, 0.15) is 19.3 Å². The zero-order valence-electron chi connectivity index (χ0n) is 12.0. The first-order valence-corrected chi connectivity index (χ1v) is 7.12. The summed E-state index contributed by atoms with van der Waals surface area (Å²) < 4.78 is 5.38. The Balaban J connectivity index is 2.06. The van der Waals surface area contributed by atoms with Gasteiger partial charge in [-0.2, -0.15) is 0 Å². The van der Waals surface area contributed by atoms with Gasteiger partial charge in [-0.15, -0.1) is 0 Å². The van der Waals surface area contributed by atoms with Crippen molar-refractivity contribution in [1.29, 1.82) is 0 Å². The molecule has 3 N–H and O–H groups in total. The zero-order valence-corrected chi connectivity index (χ0v) is 12.0. The van der Waals surface area contributed by atoms with Crippen LogP contribution in [0.25, 0.3) is 0 Å². The van der Waals surface area contributed by atoms with Crippen molar-refractivity contribution in [3.05, 3.63) is 24.3 Å². The standard InChI is InChI=1S/C15H23N3O2/c1-20-14-6-3-2-5-13(14)18(10-4-9-16)11-15(19)17-12-7-8-12/h2-3,5-6,12H,4,7-11,16H2,1H3,(H,17,19). The molecular weight excluding hydrogens is 254 g/mol. The van der Waals surface area contributed by atoms with Crippen molar-refractivity contribution in [1.82, 2.24) is 5.32 Å². The largest absolute Gasteiger partial charge is 0.495 e. The maximum Gasteiger partial charge on any atom is 0.239 e. The molecule has 0 atom stereocenters. The van der Waals surface area contributed by atoms with Crippen molar-refractivity contribution in [2.75, 3.05) is 31.6 Å². The molecule has 5 heteroatoms. The Morgan fingerprint density at radius 2 is 2.20 bits per heavy atom. The highest BCUT2D eigenvalue weighted by Gasteiger charge is 2.24. The molecule has 1 amide bonds. The molecule has 1 saturated carbocycles. The Hall–Kier alpha value is -1.75. The quantitative estimate of drug-likeness (QED) is 0.747. The number of benzene rings is 1. The van der Waals surface area contributed by atoms with Gasteiger partial charge in [0.1, 0.15) is 5.75 Å². The molecule has 1 aliphatic rings. The highest BCUT2D eigenvalue weighted by Crippen LogP contribution is 2.27. The molecule has 20 heavy (non-hydrogen) atoms. The van der Waals surface area contributed by atoms with Gasteiger partial charge in [-0.3, -0.25) is 4.79 Å². The number of ether oxygens (including phenoxy) is 1. The fraction of sp³-hybridized carbons (Fsp3) is 0.533. The van der Waals surface area contributed by atoms with Crippen LogP contribution in [-0.4, -0.2) is 38.7 Å². The van der Waals surface area contributed by atoms with Gasteiger partial charge in [0.05, 0.1) is 19.3 Å². The van der Waals surface area contributed by atoms with E-state index < -0.39 is 0 Å². The Labute approximate surface area is 120 Å². The molecular formula is C15H23N3O2. The van der Waals surface area contributed by atoms with Crippen molar-refractivity contribution in [3.63, 3.8) is 0 Å². The number of carbonyl (C=O) groups is 1. The number of carbonyl (C=O) groups excluding carboxylic acids is 1. The number of nitrogens with two attached hydrogens (primary N) is 1. The number of methoxy groups -OCH3 is 1. The minimum absolute atomic E-state index is 0.0652. The molecule has 0 aromatic heterocycles. The van der Waals surface area contributed by atoms with Crippen LogP contribution in [-0.2, 0) is 4.79 Å². The molecule has 2 rings (SSSR count). The molecule has 0 saturated heterocycles. The maximum absolute atomic E-state index is 12.0. The molecule has 0 unspecified atom stereocenters. The van der Waals surface area contributed by atoms with Gasteiger partial charge in [-0.05, 0) is 37.9 Å². The van der Waals surface area contributed by atoms with E-state index in [4.69, 9.17) is 10.5 Å². The van der Waals surface area contributed by atoms with Crippen LogP contribution < -0.4 is 20.7 Å². The first-order chi connectivity index (χ1) is 9.74. The number of nitrogens with one attached hydrogen (secondary N) is 1. The fourth-order valence-electron chi connectivity index (χ4n) is 2.13. The topological polar surface area (TPSA) is 67.6 Å². The van der Waals surface area contributed by atoms with Gasteiger partial charge in [-0.1, -0.05) is 12.1 Å². The summed E-state index contributed by atoms with van der Waals surface area (Å²) in [6.07, 6.45) is 3.04. The highest BCUT2D eigenvalue weighted by molar-refractivity contribution is 5.82. The highest BCUT2D eigenvalue weighted by atomic mass is 16.5. The summed E-state index contributed by atoms with van der Waals surface area (Å²) >= 11 is 0. The van der Waals surface area contributed by atoms with Gasteiger partial charge < -0.3 is 20.7 Å². The summed E-state index contributed by atoms with van der Waals surface area (Å²) in [5, 5.41) is 3.02. The van der Waals surface area contributed by atoms with Gasteiger partial charge in [0.2, 0.25) is 5.91 Å². The number of hydrogen-bond acceptors (Lipinski definition) is 4. The third kappa shape index (κ3) is 4.13. The molecule has 1 fully saturated rings. The normalized spacial score (nSPS) is 13.9. The predicted octanol–water partition coefficient (Wildman–Crippen LogP) is 1.13. The van der Waals surface area contributed by atoms with E-state index in [1.807, 2.05) is 29.2 Å². The fourth-order valence-corrected chi connectivity index (χ4v) is 2.13. The molecule has 1 aliphatic carbocycles. The number of rotatable bonds is 8. The van der Waals surface area contributed by atoms with Crippen LogP contribution in [0.3, 0.4) is 0 Å². The van der Waals surface area contributed by atoms with E-state index in [0.717, 1.165) is 37.2 Å². The first-order valence-electron chi connectivity index (χ1n) is 7.12. The Bertz CT molecular complexity index is 446. The number of anilines is 1. The van der Waals surface area contributed by atoms with Crippen molar-refractivity contribution >= 4 is 11.6 Å². The summed E-state index contributed by atoms with van der Waals surface area (Å²) in [7, 11) is 1.64. The molecule has 0 radical (unpaired) electrons. The molecule has 0 bridgehead atoms. The van der Waals surface area contributed by atoms with Gasteiger partial charge in [0, 0.05) is 12.6 Å². The average Bonchev–Trinajstić information content (AvgIpc) is 3.27. The van der Waals surface area contributed by atoms with E-state index in [2.05, 4.69) is 5.32 Å². The molecule has 110 valence electrons. The van der Waals surface area contributed by atoms with Gasteiger partial charge in [0.15, 0.2) is 0 Å². The van der Waals surface area contributed by atoms with Crippen LogP contribution in [0.5, 0.6) is 5.75 Å². The second kappa shape index (κ2) is 7.14. The minimum Gasteiger partial charge on any atom is -0.495 e. The Morgan fingerprint density at radius 3 is 2.85 bits per heavy atom. The third-order valence-electron chi connectivity index (χ3n) is 3.33. The minimum atomic E-state index is 0.0652. The second-order valence-corrected chi connectivity index (χ2v) is 5.08. The lowest BCUT2D eigenvalue weighted by Crippen LogP contribution is -2.39. The summed E-state index contributed by atoms with van der Waals surface area (Å²) in [6.45, 7) is 1.70. The van der Waals surface area contributed by atoms with E-state index in [0.29, 0.717) is 19.1 Å². The van der Waals surface area contributed by atoms with Gasteiger partial charge >= 0.3 is 0 Å². The molecule has 0 heterocycles. The van der Waals surface area contributed by atoms with E-state index >= 15 is 0 Å². The summed E-state index contributed by atoms with van der Waals surface area (Å²) in [5.74, 6) is 0.846. The van der Waals surface area contributed by atoms with E-state index in [-0.39, 0.29) is 5.91 Å². The average molecular weight is 277 g/mol. The Kier molecular flexibility index (Phi) is 5.24. The number of hydrogen-bond donors (Lipinski definition) is 2. The summed E-state index contributed by atoms with van der Waals surface area (Å²) in [5.41, 5.74) is 6.53. The second-order valence-electron chi connectivity index (χ2n) is 5.08. The van der Waals surface area contributed by atoms with Crippen molar-refractivity contribution in [2.45, 2.75) is 25.3 Å². The van der Waals surface area contributed by atoms with Crippen LogP contribution in [0, 0.1) is 0 Å². The molecule has 5 nitrogen and oxygen atoms in total. The van der Waals surface area contributed by atoms with Crippen LogP contribution in [0.4, 0.5) is 5.69 Å². The molecule has 1 aromatic carbocycles. The molecule has 0 aliphatic heterocycles. The third-order valence-corrected chi connectivity index (χ3v) is 3.33. The monoisotopic (exact) mass is 277 g/mol. The molecule has 1 aromatic rings. The Morgan fingerprint density at radius 1 is 1.45 bits per heavy atom. The van der Waals surface area contributed by atoms with Crippen LogP contribution >= 0.6 is 0 Å². The maximum atomic E-state index is 12.0. The van der Waals surface area contributed by atoms with Gasteiger partial charge in [-0.25, -0.2) is 0 Å². The van der Waals surface area contributed by atoms with Crippen molar-refractivity contribution < 1.29 is 9.53 Å². The first kappa shape index (κ1) is 14.7. The van der Waals surface area contributed by atoms with E-state index in [1.165, 1.54) is 0 Å². The van der Waals surface area contributed by atoms with E-state index in [9.17, 15) is 4.79 Å². The van der Waals surface area contributed by atoms with E-state index in [1.54, 1.807) is 7.11 Å². The van der Waals surface area contributed by atoms with Crippen molar-refractivity contribution in [2.24, 2.45) is 5.73 Å². The SMILES string of the molecule is COc1ccccc1N(CCCN)CC(=O)NC1CC1. The molecule has 0 spiro atoms. The summed E-state index contributed by atoms with van der Waals surface area (Å²) in [6, 6.07) is 8.14. The zero-order chi connectivity index (χ0) is 14.4. The lowest BCUT2D eigenvalue weighted by Gasteiger charge is -2.25. The lowest BCUT2D eigenvalue weighted by atomic mass is 10.2. The number of amides is 1. The number of nitrogens with zero attached hydrogens (tertiary/aromatic N) is 1.